The van der Waals surface area contributed by atoms with Gasteiger partial charge in [0.05, 0.1) is 11.4 Å². The molecule has 0 aliphatic rings. The van der Waals surface area contributed by atoms with Crippen molar-refractivity contribution in [2.75, 3.05) is 0 Å². The van der Waals surface area contributed by atoms with Crippen LogP contribution in [0.5, 0.6) is 5.75 Å². The third-order valence-electron chi connectivity index (χ3n) is 5.66. The molecule has 5 nitrogen and oxygen atoms in total. The minimum absolute atomic E-state index is 0.0413. The average Bonchev–Trinajstić information content (AvgIpc) is 2.80. The van der Waals surface area contributed by atoms with E-state index in [1.165, 1.54) is 0 Å². The highest BCUT2D eigenvalue weighted by atomic mass is 16.3. The highest BCUT2D eigenvalue weighted by molar-refractivity contribution is 6.00. The lowest BCUT2D eigenvalue weighted by atomic mass is 9.95. The third-order valence-corrected chi connectivity index (χ3v) is 5.66. The number of hydrogen-bond donors (Lipinski definition) is 1. The fourth-order valence-corrected chi connectivity index (χ4v) is 4.13. The second kappa shape index (κ2) is 10.9. The molecule has 0 unspecified atom stereocenters. The zero-order valence-corrected chi connectivity index (χ0v) is 20.8. The Hall–Kier alpha value is -3.73. The number of hydrogen-bond acceptors (Lipinski definition) is 4. The summed E-state index contributed by atoms with van der Waals surface area (Å²) in [5, 5.41) is 19.0. The summed E-state index contributed by atoms with van der Waals surface area (Å²) in [5.74, 6) is 0.229. The van der Waals surface area contributed by atoms with E-state index in [-0.39, 0.29) is 23.7 Å². The van der Waals surface area contributed by atoms with E-state index >= 15 is 0 Å². The molecule has 1 N–H and O–H groups in total. The first-order chi connectivity index (χ1) is 16.2. The monoisotopic (exact) mass is 455 g/mol. The molecule has 0 spiro atoms. The molecule has 1 amide bonds. The fraction of sp³-hybridized carbons (Fsp3) is 0.276. The highest BCUT2D eigenvalue weighted by Crippen LogP contribution is 2.34. The Morgan fingerprint density at radius 2 is 1.41 bits per heavy atom. The van der Waals surface area contributed by atoms with Crippen LogP contribution in [-0.2, 0) is 4.79 Å². The van der Waals surface area contributed by atoms with Gasteiger partial charge < -0.3 is 10.0 Å². The van der Waals surface area contributed by atoms with E-state index in [2.05, 4.69) is 10.2 Å². The van der Waals surface area contributed by atoms with Crippen LogP contribution in [0.4, 0.5) is 11.4 Å². The minimum Gasteiger partial charge on any atom is -0.507 e. The number of nitrogens with zero attached hydrogens (tertiary/aromatic N) is 3. The molecule has 0 heterocycles. The van der Waals surface area contributed by atoms with E-state index in [1.807, 2.05) is 101 Å². The average molecular weight is 456 g/mol. The molecule has 34 heavy (non-hydrogen) atoms. The standard InChI is InChI=1S/C29H33N3O2/c1-19(2)32(20(3)4)28(33)18-26(23-12-8-7-9-13-23)25-14-10-11-15-27(25)31-30-24-16-21(5)29(34)22(6)17-24/h7-20,34H,1-6H3/b26-18+,31-30+. The summed E-state index contributed by atoms with van der Waals surface area (Å²) >= 11 is 0. The molecule has 0 saturated heterocycles. The first-order valence-corrected chi connectivity index (χ1v) is 11.6. The van der Waals surface area contributed by atoms with Crippen LogP contribution < -0.4 is 0 Å². The topological polar surface area (TPSA) is 65.3 Å². The minimum atomic E-state index is -0.0413. The van der Waals surface area contributed by atoms with Gasteiger partial charge in [-0.15, -0.1) is 5.11 Å². The van der Waals surface area contributed by atoms with Crippen LogP contribution in [-0.4, -0.2) is 28.0 Å². The van der Waals surface area contributed by atoms with E-state index in [4.69, 9.17) is 0 Å². The van der Waals surface area contributed by atoms with Gasteiger partial charge in [0, 0.05) is 23.7 Å². The number of carbonyl (C=O) groups excluding carboxylic acids is 1. The normalized spacial score (nSPS) is 12.1. The van der Waals surface area contributed by atoms with Crippen molar-refractivity contribution in [1.29, 1.82) is 0 Å². The van der Waals surface area contributed by atoms with Gasteiger partial charge in [-0.3, -0.25) is 4.79 Å². The number of phenolic OH excluding ortho intramolecular Hbond substituents is 1. The number of aryl methyl sites for hydroxylation is 2. The van der Waals surface area contributed by atoms with Crippen molar-refractivity contribution in [2.24, 2.45) is 10.2 Å². The molecule has 0 fully saturated rings. The lowest BCUT2D eigenvalue weighted by Gasteiger charge is -2.30. The van der Waals surface area contributed by atoms with Gasteiger partial charge >= 0.3 is 0 Å². The molecule has 176 valence electrons. The van der Waals surface area contributed by atoms with Crippen molar-refractivity contribution in [3.05, 3.63) is 95.1 Å². The zero-order chi connectivity index (χ0) is 24.8. The molecule has 0 bridgehead atoms. The third kappa shape index (κ3) is 5.79. The molecule has 0 radical (unpaired) electrons. The van der Waals surface area contributed by atoms with Crippen molar-refractivity contribution in [3.8, 4) is 5.75 Å². The molecule has 0 saturated carbocycles. The summed E-state index contributed by atoms with van der Waals surface area (Å²) in [6.45, 7) is 11.8. The van der Waals surface area contributed by atoms with Crippen molar-refractivity contribution < 1.29 is 9.90 Å². The Kier molecular flexibility index (Phi) is 8.00. The van der Waals surface area contributed by atoms with Crippen LogP contribution in [0.15, 0.2) is 83.0 Å². The molecule has 0 aromatic heterocycles. The van der Waals surface area contributed by atoms with Crippen molar-refractivity contribution in [3.63, 3.8) is 0 Å². The lowest BCUT2D eigenvalue weighted by molar-refractivity contribution is -0.129. The van der Waals surface area contributed by atoms with E-state index in [0.29, 0.717) is 11.4 Å². The number of rotatable bonds is 7. The van der Waals surface area contributed by atoms with E-state index in [0.717, 1.165) is 27.8 Å². The Morgan fingerprint density at radius 3 is 2.00 bits per heavy atom. The maximum Gasteiger partial charge on any atom is 0.247 e. The first-order valence-electron chi connectivity index (χ1n) is 11.6. The number of phenols is 1. The van der Waals surface area contributed by atoms with Crippen LogP contribution in [0.3, 0.4) is 0 Å². The van der Waals surface area contributed by atoms with Crippen molar-refractivity contribution in [1.82, 2.24) is 4.90 Å². The molecular weight excluding hydrogens is 422 g/mol. The molecular formula is C29H33N3O2. The molecule has 5 heteroatoms. The Labute approximate surface area is 202 Å². The van der Waals surface area contributed by atoms with Crippen molar-refractivity contribution >= 4 is 22.9 Å². The maximum atomic E-state index is 13.4. The zero-order valence-electron chi connectivity index (χ0n) is 20.8. The SMILES string of the molecule is Cc1cc(/N=N/c2ccccc2/C(=C/C(=O)N(C(C)C)C(C)C)c2ccccc2)cc(C)c1O. The van der Waals surface area contributed by atoms with Crippen LogP contribution in [0.1, 0.15) is 49.9 Å². The Bertz CT molecular complexity index is 1180. The van der Waals surface area contributed by atoms with Crippen LogP contribution in [0, 0.1) is 13.8 Å². The van der Waals surface area contributed by atoms with Gasteiger partial charge in [0.15, 0.2) is 0 Å². The molecule has 0 atom stereocenters. The number of benzene rings is 3. The van der Waals surface area contributed by atoms with Gasteiger partial charge in [0.1, 0.15) is 5.75 Å². The summed E-state index contributed by atoms with van der Waals surface area (Å²) in [5.41, 5.74) is 5.38. The number of azo groups is 1. The predicted octanol–water partition coefficient (Wildman–Crippen LogP) is 7.50. The number of aromatic hydroxyl groups is 1. The second-order valence-electron chi connectivity index (χ2n) is 9.00. The maximum absolute atomic E-state index is 13.4. The summed E-state index contributed by atoms with van der Waals surface area (Å²) in [7, 11) is 0. The molecule has 0 aliphatic carbocycles. The summed E-state index contributed by atoms with van der Waals surface area (Å²) < 4.78 is 0. The van der Waals surface area contributed by atoms with Crippen LogP contribution in [0.25, 0.3) is 5.57 Å². The summed E-state index contributed by atoms with van der Waals surface area (Å²) in [6.07, 6.45) is 1.71. The Morgan fingerprint density at radius 1 is 0.853 bits per heavy atom. The number of amides is 1. The van der Waals surface area contributed by atoms with Gasteiger partial charge in [-0.25, -0.2) is 0 Å². The first kappa shape index (κ1) is 24.9. The quantitative estimate of drug-likeness (QED) is 0.296. The molecule has 3 aromatic carbocycles. The van der Waals surface area contributed by atoms with Gasteiger partial charge in [-0.2, -0.15) is 5.11 Å². The Balaban J connectivity index is 2.11. The lowest BCUT2D eigenvalue weighted by Crippen LogP contribution is -2.41. The molecule has 3 aromatic rings. The van der Waals surface area contributed by atoms with Gasteiger partial charge in [0.2, 0.25) is 5.91 Å². The largest absolute Gasteiger partial charge is 0.507 e. The molecule has 0 aliphatic heterocycles. The summed E-state index contributed by atoms with van der Waals surface area (Å²) in [4.78, 5) is 15.2. The highest BCUT2D eigenvalue weighted by Gasteiger charge is 2.20. The fourth-order valence-electron chi connectivity index (χ4n) is 4.13. The van der Waals surface area contributed by atoms with Gasteiger partial charge in [0.25, 0.3) is 0 Å². The van der Waals surface area contributed by atoms with E-state index in [1.54, 1.807) is 18.2 Å². The number of carbonyl (C=O) groups is 1. The smallest absolute Gasteiger partial charge is 0.247 e. The van der Waals surface area contributed by atoms with E-state index < -0.39 is 0 Å². The van der Waals surface area contributed by atoms with Gasteiger partial charge in [-0.05, 0) is 82.0 Å². The predicted molar refractivity (Wildman–Crippen MR) is 139 cm³/mol. The van der Waals surface area contributed by atoms with Gasteiger partial charge in [-0.1, -0.05) is 48.5 Å². The second-order valence-corrected chi connectivity index (χ2v) is 9.00. The van der Waals surface area contributed by atoms with Crippen LogP contribution >= 0.6 is 0 Å². The van der Waals surface area contributed by atoms with E-state index in [9.17, 15) is 9.90 Å². The molecule has 3 rings (SSSR count). The van der Waals surface area contributed by atoms with Crippen LogP contribution in [0.2, 0.25) is 0 Å². The summed E-state index contributed by atoms with van der Waals surface area (Å²) in [6, 6.07) is 21.3. The van der Waals surface area contributed by atoms with Crippen molar-refractivity contribution in [2.45, 2.75) is 53.6 Å².